The number of hydrogen-bond acceptors (Lipinski definition) is 5. The number of nitrogens with one attached hydrogen (secondary N) is 1. The van der Waals surface area contributed by atoms with Crippen LogP contribution >= 0.6 is 0 Å². The van der Waals surface area contributed by atoms with Crippen molar-refractivity contribution in [1.29, 1.82) is 0 Å². The molecule has 1 unspecified atom stereocenters. The average molecular weight is 586 g/mol. The van der Waals surface area contributed by atoms with E-state index in [9.17, 15) is 31.1 Å². The summed E-state index contributed by atoms with van der Waals surface area (Å²) in [5.74, 6) is 0.312. The fourth-order valence-corrected chi connectivity index (χ4v) is 4.96. The zero-order chi connectivity index (χ0) is 29.8. The summed E-state index contributed by atoms with van der Waals surface area (Å²) in [4.78, 5) is 25.1. The molecule has 224 valence electrons. The Balaban J connectivity index is 1.75. The van der Waals surface area contributed by atoms with Crippen LogP contribution in [0.15, 0.2) is 42.5 Å². The highest BCUT2D eigenvalue weighted by Crippen LogP contribution is 2.37. The predicted octanol–water partition coefficient (Wildman–Crippen LogP) is 6.44. The van der Waals surface area contributed by atoms with Crippen molar-refractivity contribution in [3.8, 4) is 0 Å². The number of fused-ring (bicyclic) bond motifs is 1. The minimum absolute atomic E-state index is 0.0903. The van der Waals surface area contributed by atoms with Crippen LogP contribution in [0.3, 0.4) is 0 Å². The van der Waals surface area contributed by atoms with Crippen LogP contribution in [-0.2, 0) is 30.2 Å². The number of carbonyl (C=O) groups excluding carboxylic acids is 1. The third-order valence-corrected chi connectivity index (χ3v) is 6.89. The maximum absolute atomic E-state index is 13.6. The third kappa shape index (κ3) is 8.13. The third-order valence-electron chi connectivity index (χ3n) is 6.89. The quantitative estimate of drug-likeness (QED) is 0.293. The van der Waals surface area contributed by atoms with E-state index >= 15 is 0 Å². The number of para-hydroxylation sites is 2. The van der Waals surface area contributed by atoms with E-state index < -0.39 is 35.6 Å². The largest absolute Gasteiger partial charge is 0.426 e. The summed E-state index contributed by atoms with van der Waals surface area (Å²) in [6.45, 7) is 2.25. The molecule has 1 aliphatic rings. The zero-order valence-corrected chi connectivity index (χ0v) is 22.9. The van der Waals surface area contributed by atoms with Crippen molar-refractivity contribution in [3.63, 3.8) is 0 Å². The SMILES string of the molecule is CN(C)CCCn1c(C(Cc2cc(C(F)(F)F)cc(C(F)(F)F)c2)NC(=O)ON2CCCCC2)nc2ccccc21. The smallest absolute Gasteiger partial charge is 0.351 e. The summed E-state index contributed by atoms with van der Waals surface area (Å²) in [7, 11) is 3.83. The zero-order valence-electron chi connectivity index (χ0n) is 22.9. The first kappa shape index (κ1) is 30.6. The first-order chi connectivity index (χ1) is 19.3. The second-order valence-electron chi connectivity index (χ2n) is 10.5. The Morgan fingerprint density at radius 1 is 1.00 bits per heavy atom. The van der Waals surface area contributed by atoms with Crippen molar-refractivity contribution in [2.45, 2.75) is 57.0 Å². The number of nitrogens with zero attached hydrogens (tertiary/aromatic N) is 4. The first-order valence-electron chi connectivity index (χ1n) is 13.4. The van der Waals surface area contributed by atoms with E-state index in [0.717, 1.165) is 31.3 Å². The summed E-state index contributed by atoms with van der Waals surface area (Å²) in [6, 6.07) is 7.55. The molecule has 1 aliphatic heterocycles. The van der Waals surface area contributed by atoms with Gasteiger partial charge in [0, 0.05) is 26.1 Å². The lowest BCUT2D eigenvalue weighted by molar-refractivity contribution is -0.143. The molecule has 0 saturated carbocycles. The van der Waals surface area contributed by atoms with E-state index in [0.29, 0.717) is 49.5 Å². The van der Waals surface area contributed by atoms with Crippen molar-refractivity contribution < 1.29 is 36.0 Å². The number of amides is 1. The molecule has 41 heavy (non-hydrogen) atoms. The van der Waals surface area contributed by atoms with Gasteiger partial charge in [-0.05, 0) is 75.8 Å². The number of alkyl halides is 6. The summed E-state index contributed by atoms with van der Waals surface area (Å²) < 4.78 is 83.4. The van der Waals surface area contributed by atoms with Gasteiger partial charge in [0.25, 0.3) is 0 Å². The van der Waals surface area contributed by atoms with Gasteiger partial charge in [0.15, 0.2) is 0 Å². The van der Waals surface area contributed by atoms with Gasteiger partial charge in [0.1, 0.15) is 5.82 Å². The summed E-state index contributed by atoms with van der Waals surface area (Å²) in [5.41, 5.74) is -1.77. The number of imidazole rings is 1. The molecule has 2 aromatic carbocycles. The van der Waals surface area contributed by atoms with Gasteiger partial charge in [0.05, 0.1) is 28.2 Å². The van der Waals surface area contributed by atoms with Crippen molar-refractivity contribution in [2.75, 3.05) is 33.7 Å². The van der Waals surface area contributed by atoms with E-state index in [-0.39, 0.29) is 18.1 Å². The standard InChI is InChI=1S/C28H33F6N5O2/c1-37(2)11-8-14-39-24-10-5-4-9-22(24)35-25(39)23(36-26(40)41-38-12-6-3-7-13-38)17-19-15-20(27(29,30)31)18-21(16-19)28(32,33)34/h4-5,9-10,15-16,18,23H,3,6-8,11-14,17H2,1-2H3,(H,36,40). The molecule has 4 rings (SSSR count). The Morgan fingerprint density at radius 3 is 2.24 bits per heavy atom. The normalized spacial score (nSPS) is 15.8. The Labute approximate surface area is 234 Å². The molecule has 0 aliphatic carbocycles. The summed E-state index contributed by atoms with van der Waals surface area (Å²) in [6.07, 6.45) is -7.86. The van der Waals surface area contributed by atoms with Gasteiger partial charge in [-0.25, -0.2) is 9.78 Å². The maximum Gasteiger partial charge on any atom is 0.426 e. The molecule has 1 fully saturated rings. The average Bonchev–Trinajstić information content (AvgIpc) is 3.26. The molecule has 0 spiro atoms. The highest BCUT2D eigenvalue weighted by Gasteiger charge is 2.37. The Morgan fingerprint density at radius 2 is 1.63 bits per heavy atom. The molecule has 1 atom stereocenters. The monoisotopic (exact) mass is 585 g/mol. The molecule has 13 heteroatoms. The first-order valence-corrected chi connectivity index (χ1v) is 13.4. The van der Waals surface area contributed by atoms with E-state index in [2.05, 4.69) is 10.3 Å². The van der Waals surface area contributed by atoms with Gasteiger partial charge >= 0.3 is 18.4 Å². The lowest BCUT2D eigenvalue weighted by atomic mass is 9.99. The summed E-state index contributed by atoms with van der Waals surface area (Å²) in [5, 5.41) is 4.19. The minimum Gasteiger partial charge on any atom is -0.351 e. The number of carbonyl (C=O) groups is 1. The van der Waals surface area contributed by atoms with E-state index in [1.54, 1.807) is 12.1 Å². The van der Waals surface area contributed by atoms with E-state index in [1.807, 2.05) is 35.7 Å². The molecule has 1 amide bonds. The van der Waals surface area contributed by atoms with Gasteiger partial charge in [-0.2, -0.15) is 26.3 Å². The Hall–Kier alpha value is -3.32. The molecule has 7 nitrogen and oxygen atoms in total. The van der Waals surface area contributed by atoms with Crippen molar-refractivity contribution in [1.82, 2.24) is 24.8 Å². The van der Waals surface area contributed by atoms with Crippen LogP contribution in [0.2, 0.25) is 0 Å². The van der Waals surface area contributed by atoms with Crippen molar-refractivity contribution >= 4 is 17.1 Å². The molecule has 2 heterocycles. The molecule has 3 aromatic rings. The van der Waals surface area contributed by atoms with Crippen LogP contribution in [0, 0.1) is 0 Å². The summed E-state index contributed by atoms with van der Waals surface area (Å²) >= 11 is 0. The molecular formula is C28H33F6N5O2. The topological polar surface area (TPSA) is 62.6 Å². The fraction of sp³-hybridized carbons (Fsp3) is 0.500. The van der Waals surface area contributed by atoms with Crippen LogP contribution in [0.4, 0.5) is 31.1 Å². The Bertz CT molecular complexity index is 1300. The number of aryl methyl sites for hydroxylation is 1. The van der Waals surface area contributed by atoms with Crippen molar-refractivity contribution in [2.24, 2.45) is 0 Å². The second-order valence-corrected chi connectivity index (χ2v) is 10.5. The fourth-order valence-electron chi connectivity index (χ4n) is 4.96. The number of halogens is 6. The lowest BCUT2D eigenvalue weighted by Crippen LogP contribution is -2.39. The highest BCUT2D eigenvalue weighted by molar-refractivity contribution is 5.76. The lowest BCUT2D eigenvalue weighted by Gasteiger charge is -2.27. The van der Waals surface area contributed by atoms with Gasteiger partial charge in [-0.3, -0.25) is 0 Å². The number of hydroxylamine groups is 2. The maximum atomic E-state index is 13.6. The van der Waals surface area contributed by atoms with Gasteiger partial charge in [0.2, 0.25) is 0 Å². The van der Waals surface area contributed by atoms with E-state index in [4.69, 9.17) is 4.84 Å². The van der Waals surface area contributed by atoms with E-state index in [1.165, 1.54) is 5.06 Å². The van der Waals surface area contributed by atoms with Crippen LogP contribution in [0.1, 0.15) is 54.2 Å². The molecule has 1 N–H and O–H groups in total. The molecule has 0 radical (unpaired) electrons. The highest BCUT2D eigenvalue weighted by atomic mass is 19.4. The number of hydrogen-bond donors (Lipinski definition) is 1. The van der Waals surface area contributed by atoms with Gasteiger partial charge < -0.3 is 19.6 Å². The molecular weight excluding hydrogens is 552 g/mol. The van der Waals surface area contributed by atoms with Crippen LogP contribution in [0.5, 0.6) is 0 Å². The molecule has 1 aromatic heterocycles. The number of piperidine rings is 1. The number of aromatic nitrogens is 2. The minimum atomic E-state index is -4.99. The van der Waals surface area contributed by atoms with Crippen molar-refractivity contribution in [3.05, 3.63) is 65.0 Å². The van der Waals surface area contributed by atoms with Gasteiger partial charge in [-0.15, -0.1) is 5.06 Å². The molecule has 1 saturated heterocycles. The predicted molar refractivity (Wildman–Crippen MR) is 141 cm³/mol. The van der Waals surface area contributed by atoms with Gasteiger partial charge in [-0.1, -0.05) is 18.6 Å². The Kier molecular flexibility index (Phi) is 9.48. The van der Waals surface area contributed by atoms with Crippen LogP contribution < -0.4 is 5.32 Å². The van der Waals surface area contributed by atoms with Crippen LogP contribution in [-0.4, -0.2) is 59.3 Å². The molecule has 0 bridgehead atoms. The van der Waals surface area contributed by atoms with Crippen LogP contribution in [0.25, 0.3) is 11.0 Å². The second kappa shape index (κ2) is 12.7. The number of benzene rings is 2. The number of rotatable bonds is 9.